The summed E-state index contributed by atoms with van der Waals surface area (Å²) in [5.74, 6) is 0.410. The predicted octanol–water partition coefficient (Wildman–Crippen LogP) is 5.34. The van der Waals surface area contributed by atoms with Gasteiger partial charge in [-0.2, -0.15) is 13.2 Å². The SMILES string of the molecule is COc1ccc(NC(=O)C=Cc2cccc(C(F)(F)F)c2)cc1OCc1cccnc1. The number of benzene rings is 2. The van der Waals surface area contributed by atoms with E-state index in [2.05, 4.69) is 10.3 Å². The van der Waals surface area contributed by atoms with Crippen molar-refractivity contribution in [2.45, 2.75) is 12.8 Å². The number of nitrogens with one attached hydrogen (secondary N) is 1. The van der Waals surface area contributed by atoms with Crippen LogP contribution in [-0.4, -0.2) is 18.0 Å². The van der Waals surface area contributed by atoms with E-state index in [0.717, 1.165) is 23.8 Å². The summed E-state index contributed by atoms with van der Waals surface area (Å²) in [6.07, 6.45) is 1.37. The van der Waals surface area contributed by atoms with Crippen LogP contribution in [0, 0.1) is 0 Å². The lowest BCUT2D eigenvalue weighted by Crippen LogP contribution is -2.08. The van der Waals surface area contributed by atoms with Gasteiger partial charge in [0.2, 0.25) is 5.91 Å². The van der Waals surface area contributed by atoms with Gasteiger partial charge in [-0.25, -0.2) is 0 Å². The molecule has 1 N–H and O–H groups in total. The lowest BCUT2D eigenvalue weighted by Gasteiger charge is -2.12. The van der Waals surface area contributed by atoms with Crippen LogP contribution >= 0.6 is 0 Å². The third-order valence-corrected chi connectivity index (χ3v) is 4.19. The highest BCUT2D eigenvalue weighted by Crippen LogP contribution is 2.31. The van der Waals surface area contributed by atoms with Gasteiger partial charge in [0.25, 0.3) is 0 Å². The summed E-state index contributed by atoms with van der Waals surface area (Å²) in [4.78, 5) is 16.2. The summed E-state index contributed by atoms with van der Waals surface area (Å²) in [6.45, 7) is 0.261. The molecular weight excluding hydrogens is 409 g/mol. The van der Waals surface area contributed by atoms with E-state index in [-0.39, 0.29) is 12.2 Å². The number of aromatic nitrogens is 1. The number of hydrogen-bond donors (Lipinski definition) is 1. The molecule has 0 bridgehead atoms. The van der Waals surface area contributed by atoms with Crippen LogP contribution in [-0.2, 0) is 17.6 Å². The maximum absolute atomic E-state index is 12.8. The average Bonchev–Trinajstić information content (AvgIpc) is 2.77. The molecule has 0 aliphatic carbocycles. The fourth-order valence-electron chi connectivity index (χ4n) is 2.69. The first-order valence-corrected chi connectivity index (χ1v) is 9.21. The van der Waals surface area contributed by atoms with Gasteiger partial charge in [0, 0.05) is 35.8 Å². The van der Waals surface area contributed by atoms with Crippen molar-refractivity contribution in [2.24, 2.45) is 0 Å². The van der Waals surface area contributed by atoms with Gasteiger partial charge < -0.3 is 14.8 Å². The van der Waals surface area contributed by atoms with Gasteiger partial charge >= 0.3 is 6.18 Å². The third kappa shape index (κ3) is 6.33. The van der Waals surface area contributed by atoms with Crippen LogP contribution in [0.5, 0.6) is 11.5 Å². The number of alkyl halides is 3. The summed E-state index contributed by atoms with van der Waals surface area (Å²) in [6, 6.07) is 13.3. The molecule has 3 aromatic rings. The molecule has 3 rings (SSSR count). The Morgan fingerprint density at radius 3 is 2.65 bits per heavy atom. The van der Waals surface area contributed by atoms with Gasteiger partial charge in [0.15, 0.2) is 11.5 Å². The first-order chi connectivity index (χ1) is 14.8. The van der Waals surface area contributed by atoms with Gasteiger partial charge in [-0.3, -0.25) is 9.78 Å². The topological polar surface area (TPSA) is 60.5 Å². The molecule has 1 heterocycles. The second kappa shape index (κ2) is 9.80. The van der Waals surface area contributed by atoms with Crippen LogP contribution in [0.25, 0.3) is 6.08 Å². The number of carbonyl (C=O) groups is 1. The second-order valence-corrected chi connectivity index (χ2v) is 6.46. The zero-order valence-corrected chi connectivity index (χ0v) is 16.5. The van der Waals surface area contributed by atoms with Crippen molar-refractivity contribution in [1.82, 2.24) is 4.98 Å². The Bertz CT molecular complexity index is 1070. The lowest BCUT2D eigenvalue weighted by molar-refractivity contribution is -0.137. The molecule has 0 saturated carbocycles. The molecule has 0 atom stereocenters. The van der Waals surface area contributed by atoms with E-state index < -0.39 is 17.6 Å². The first-order valence-electron chi connectivity index (χ1n) is 9.21. The fourth-order valence-corrected chi connectivity index (χ4v) is 2.69. The summed E-state index contributed by atoms with van der Waals surface area (Å²) >= 11 is 0. The summed E-state index contributed by atoms with van der Waals surface area (Å²) in [7, 11) is 1.50. The molecule has 160 valence electrons. The molecule has 1 amide bonds. The summed E-state index contributed by atoms with van der Waals surface area (Å²) in [5, 5.41) is 2.65. The molecular formula is C23H19F3N2O3. The average molecular weight is 428 g/mol. The molecule has 2 aromatic carbocycles. The van der Waals surface area contributed by atoms with Crippen LogP contribution < -0.4 is 14.8 Å². The number of methoxy groups -OCH3 is 1. The molecule has 0 spiro atoms. The molecule has 0 fully saturated rings. The Kier molecular flexibility index (Phi) is 6.92. The Labute approximate surface area is 177 Å². The normalized spacial score (nSPS) is 11.4. The number of rotatable bonds is 7. The van der Waals surface area contributed by atoms with Crippen molar-refractivity contribution in [3.05, 3.63) is 89.8 Å². The van der Waals surface area contributed by atoms with E-state index in [1.807, 2.05) is 6.07 Å². The van der Waals surface area contributed by atoms with E-state index in [4.69, 9.17) is 9.47 Å². The van der Waals surface area contributed by atoms with Crippen LogP contribution in [0.4, 0.5) is 18.9 Å². The lowest BCUT2D eigenvalue weighted by atomic mass is 10.1. The van der Waals surface area contributed by atoms with Crippen LogP contribution in [0.3, 0.4) is 0 Å². The Balaban J connectivity index is 1.67. The minimum atomic E-state index is -4.44. The molecule has 0 radical (unpaired) electrons. The molecule has 31 heavy (non-hydrogen) atoms. The van der Waals surface area contributed by atoms with E-state index in [1.165, 1.54) is 25.3 Å². The highest BCUT2D eigenvalue weighted by atomic mass is 19.4. The first kappa shape index (κ1) is 21.9. The van der Waals surface area contributed by atoms with Crippen LogP contribution in [0.15, 0.2) is 73.1 Å². The van der Waals surface area contributed by atoms with Crippen molar-refractivity contribution in [3.8, 4) is 11.5 Å². The number of halogens is 3. The minimum Gasteiger partial charge on any atom is -0.493 e. The third-order valence-electron chi connectivity index (χ3n) is 4.19. The highest BCUT2D eigenvalue weighted by Gasteiger charge is 2.30. The largest absolute Gasteiger partial charge is 0.493 e. The zero-order valence-electron chi connectivity index (χ0n) is 16.5. The number of ether oxygens (including phenoxy) is 2. The molecule has 0 saturated heterocycles. The molecule has 0 aliphatic rings. The number of nitrogens with zero attached hydrogens (tertiary/aromatic N) is 1. The molecule has 0 aliphatic heterocycles. The quantitative estimate of drug-likeness (QED) is 0.516. The number of amides is 1. The summed E-state index contributed by atoms with van der Waals surface area (Å²) in [5.41, 5.74) is 0.796. The Morgan fingerprint density at radius 1 is 1.10 bits per heavy atom. The smallest absolute Gasteiger partial charge is 0.416 e. The van der Waals surface area contributed by atoms with E-state index >= 15 is 0 Å². The monoisotopic (exact) mass is 428 g/mol. The van der Waals surface area contributed by atoms with E-state index in [9.17, 15) is 18.0 Å². The molecule has 1 aromatic heterocycles. The van der Waals surface area contributed by atoms with Gasteiger partial charge in [-0.05, 0) is 42.0 Å². The number of pyridine rings is 1. The maximum Gasteiger partial charge on any atom is 0.416 e. The standard InChI is InChI=1S/C23H19F3N2O3/c1-30-20-9-8-19(13-21(20)31-15-17-5-3-11-27-14-17)28-22(29)10-7-16-4-2-6-18(12-16)23(24,25)26/h2-14H,15H2,1H3,(H,28,29). The van der Waals surface area contributed by atoms with Gasteiger partial charge in [-0.1, -0.05) is 18.2 Å². The second-order valence-electron chi connectivity index (χ2n) is 6.46. The predicted molar refractivity (Wildman–Crippen MR) is 111 cm³/mol. The van der Waals surface area contributed by atoms with Crippen molar-refractivity contribution >= 4 is 17.7 Å². The number of hydrogen-bond acceptors (Lipinski definition) is 4. The minimum absolute atomic E-state index is 0.261. The van der Waals surface area contributed by atoms with Gasteiger partial charge in [-0.15, -0.1) is 0 Å². The molecule has 0 unspecified atom stereocenters. The maximum atomic E-state index is 12.8. The highest BCUT2D eigenvalue weighted by molar-refractivity contribution is 6.02. The van der Waals surface area contributed by atoms with Gasteiger partial charge in [0.05, 0.1) is 12.7 Å². The van der Waals surface area contributed by atoms with Crippen LogP contribution in [0.2, 0.25) is 0 Å². The van der Waals surface area contributed by atoms with Crippen molar-refractivity contribution in [3.63, 3.8) is 0 Å². The Hall–Kier alpha value is -3.81. The van der Waals surface area contributed by atoms with Crippen molar-refractivity contribution in [2.75, 3.05) is 12.4 Å². The van der Waals surface area contributed by atoms with Crippen molar-refractivity contribution in [1.29, 1.82) is 0 Å². The Morgan fingerprint density at radius 2 is 1.94 bits per heavy atom. The summed E-state index contributed by atoms with van der Waals surface area (Å²) < 4.78 is 49.4. The molecule has 5 nitrogen and oxygen atoms in total. The van der Waals surface area contributed by atoms with E-state index in [1.54, 1.807) is 36.7 Å². The van der Waals surface area contributed by atoms with Crippen molar-refractivity contribution < 1.29 is 27.4 Å². The fraction of sp³-hybridized carbons (Fsp3) is 0.130. The molecule has 8 heteroatoms. The zero-order chi connectivity index (χ0) is 22.3. The van der Waals surface area contributed by atoms with Crippen LogP contribution in [0.1, 0.15) is 16.7 Å². The number of carbonyl (C=O) groups excluding carboxylic acids is 1. The van der Waals surface area contributed by atoms with Gasteiger partial charge in [0.1, 0.15) is 6.61 Å². The number of anilines is 1. The van der Waals surface area contributed by atoms with E-state index in [0.29, 0.717) is 17.2 Å².